The standard InChI is InChI=1S/C13H17NO4/c1-2-17-12-8-11(13(15)16)14(18-12)9-10-6-4-3-5-7-10/h3-7,11-12H,2,8-9H2,1H3,(H,15,16)/t11-,12+/m1/s1. The molecular formula is C13H17NO4. The molecule has 18 heavy (non-hydrogen) atoms. The summed E-state index contributed by atoms with van der Waals surface area (Å²) < 4.78 is 5.32. The van der Waals surface area contributed by atoms with E-state index in [-0.39, 0.29) is 0 Å². The Kier molecular flexibility index (Phi) is 4.30. The third-order valence-electron chi connectivity index (χ3n) is 2.84. The first-order valence-corrected chi connectivity index (χ1v) is 6.02. The van der Waals surface area contributed by atoms with Crippen molar-refractivity contribution in [2.24, 2.45) is 0 Å². The average molecular weight is 251 g/mol. The minimum atomic E-state index is -0.881. The van der Waals surface area contributed by atoms with Crippen LogP contribution in [0.5, 0.6) is 0 Å². The minimum Gasteiger partial charge on any atom is -0.480 e. The lowest BCUT2D eigenvalue weighted by Gasteiger charge is -2.19. The number of carbonyl (C=O) groups is 1. The molecule has 0 aliphatic carbocycles. The molecule has 0 radical (unpaired) electrons. The van der Waals surface area contributed by atoms with Crippen molar-refractivity contribution in [1.29, 1.82) is 0 Å². The molecule has 0 aromatic heterocycles. The van der Waals surface area contributed by atoms with Crippen LogP contribution >= 0.6 is 0 Å². The summed E-state index contributed by atoms with van der Waals surface area (Å²) in [6.07, 6.45) is -0.101. The van der Waals surface area contributed by atoms with E-state index in [9.17, 15) is 9.90 Å². The highest BCUT2D eigenvalue weighted by Gasteiger charge is 2.38. The number of hydrogen-bond donors (Lipinski definition) is 1. The van der Waals surface area contributed by atoms with E-state index in [2.05, 4.69) is 0 Å². The first-order chi connectivity index (χ1) is 8.70. The van der Waals surface area contributed by atoms with Crippen LogP contribution in [0, 0.1) is 0 Å². The van der Waals surface area contributed by atoms with Gasteiger partial charge in [-0.25, -0.2) is 0 Å². The molecule has 1 aliphatic rings. The number of hydroxylamine groups is 2. The van der Waals surface area contributed by atoms with Crippen molar-refractivity contribution in [3.63, 3.8) is 0 Å². The maximum absolute atomic E-state index is 11.2. The van der Waals surface area contributed by atoms with Crippen molar-refractivity contribution in [3.8, 4) is 0 Å². The molecule has 0 bridgehead atoms. The van der Waals surface area contributed by atoms with Crippen LogP contribution in [0.15, 0.2) is 30.3 Å². The maximum Gasteiger partial charge on any atom is 0.323 e. The fraction of sp³-hybridized carbons (Fsp3) is 0.462. The lowest BCUT2D eigenvalue weighted by atomic mass is 10.2. The molecule has 2 rings (SSSR count). The molecule has 1 heterocycles. The molecule has 0 unspecified atom stereocenters. The van der Waals surface area contributed by atoms with Crippen LogP contribution in [0.4, 0.5) is 0 Å². The van der Waals surface area contributed by atoms with Gasteiger partial charge in [0.1, 0.15) is 6.04 Å². The quantitative estimate of drug-likeness (QED) is 0.862. The summed E-state index contributed by atoms with van der Waals surface area (Å²) in [5, 5.41) is 10.7. The van der Waals surface area contributed by atoms with Crippen molar-refractivity contribution >= 4 is 5.97 Å². The Morgan fingerprint density at radius 2 is 2.22 bits per heavy atom. The first-order valence-electron chi connectivity index (χ1n) is 6.02. The summed E-state index contributed by atoms with van der Waals surface area (Å²) in [4.78, 5) is 16.7. The molecule has 2 atom stereocenters. The molecular weight excluding hydrogens is 234 g/mol. The number of benzene rings is 1. The lowest BCUT2D eigenvalue weighted by Crippen LogP contribution is -2.34. The molecule has 0 spiro atoms. The molecule has 5 heteroatoms. The zero-order valence-corrected chi connectivity index (χ0v) is 10.3. The Bertz CT molecular complexity index is 395. The molecule has 1 saturated heterocycles. The highest BCUT2D eigenvalue weighted by molar-refractivity contribution is 5.73. The first kappa shape index (κ1) is 13.0. The lowest BCUT2D eigenvalue weighted by molar-refractivity contribution is -0.243. The monoisotopic (exact) mass is 251 g/mol. The Hall–Kier alpha value is -1.43. The van der Waals surface area contributed by atoms with Crippen molar-refractivity contribution in [3.05, 3.63) is 35.9 Å². The second-order valence-electron chi connectivity index (χ2n) is 4.14. The number of ether oxygens (including phenoxy) is 1. The fourth-order valence-corrected chi connectivity index (χ4v) is 1.99. The number of carboxylic acid groups (broad SMARTS) is 1. The van der Waals surface area contributed by atoms with E-state index in [0.717, 1.165) is 5.56 Å². The minimum absolute atomic E-state index is 0.357. The highest BCUT2D eigenvalue weighted by atomic mass is 16.8. The van der Waals surface area contributed by atoms with Gasteiger partial charge in [-0.1, -0.05) is 30.3 Å². The van der Waals surface area contributed by atoms with E-state index >= 15 is 0 Å². The average Bonchev–Trinajstić information content (AvgIpc) is 2.74. The van der Waals surface area contributed by atoms with E-state index in [1.165, 1.54) is 5.06 Å². The van der Waals surface area contributed by atoms with Gasteiger partial charge in [-0.2, -0.15) is 5.06 Å². The smallest absolute Gasteiger partial charge is 0.323 e. The SMILES string of the molecule is CCO[C@@H]1C[C@H](C(=O)O)N(Cc2ccccc2)O1. The summed E-state index contributed by atoms with van der Waals surface area (Å²) in [7, 11) is 0. The van der Waals surface area contributed by atoms with E-state index < -0.39 is 18.3 Å². The summed E-state index contributed by atoms with van der Waals surface area (Å²) in [6, 6.07) is 8.99. The van der Waals surface area contributed by atoms with Crippen molar-refractivity contribution in [2.45, 2.75) is 32.2 Å². The van der Waals surface area contributed by atoms with Crippen LogP contribution in [0.3, 0.4) is 0 Å². The Morgan fingerprint density at radius 1 is 1.50 bits per heavy atom. The van der Waals surface area contributed by atoms with Crippen LogP contribution in [0.25, 0.3) is 0 Å². The van der Waals surface area contributed by atoms with E-state index in [1.54, 1.807) is 0 Å². The van der Waals surface area contributed by atoms with Gasteiger partial charge in [0.05, 0.1) is 6.54 Å². The van der Waals surface area contributed by atoms with Crippen molar-refractivity contribution in [2.75, 3.05) is 6.61 Å². The highest BCUT2D eigenvalue weighted by Crippen LogP contribution is 2.24. The van der Waals surface area contributed by atoms with Crippen LogP contribution in [0.2, 0.25) is 0 Å². The third-order valence-corrected chi connectivity index (χ3v) is 2.84. The van der Waals surface area contributed by atoms with Crippen LogP contribution < -0.4 is 0 Å². The van der Waals surface area contributed by atoms with Crippen LogP contribution in [0.1, 0.15) is 18.9 Å². The van der Waals surface area contributed by atoms with E-state index in [0.29, 0.717) is 19.6 Å². The van der Waals surface area contributed by atoms with Gasteiger partial charge in [0, 0.05) is 13.0 Å². The van der Waals surface area contributed by atoms with Gasteiger partial charge in [-0.3, -0.25) is 9.63 Å². The van der Waals surface area contributed by atoms with E-state index in [1.807, 2.05) is 37.3 Å². The van der Waals surface area contributed by atoms with Gasteiger partial charge in [-0.05, 0) is 12.5 Å². The molecule has 1 aromatic rings. The van der Waals surface area contributed by atoms with Crippen molar-refractivity contribution in [1.82, 2.24) is 5.06 Å². The van der Waals surface area contributed by atoms with Gasteiger partial charge in [0.2, 0.25) is 0 Å². The summed E-state index contributed by atoms with van der Waals surface area (Å²) >= 11 is 0. The topological polar surface area (TPSA) is 59.0 Å². The van der Waals surface area contributed by atoms with Crippen LogP contribution in [-0.4, -0.2) is 35.1 Å². The molecule has 98 valence electrons. The summed E-state index contributed by atoms with van der Waals surface area (Å²) in [5.74, 6) is -0.881. The fourth-order valence-electron chi connectivity index (χ4n) is 1.99. The zero-order valence-electron chi connectivity index (χ0n) is 10.3. The second-order valence-corrected chi connectivity index (χ2v) is 4.14. The van der Waals surface area contributed by atoms with Gasteiger partial charge < -0.3 is 9.84 Å². The number of nitrogens with zero attached hydrogens (tertiary/aromatic N) is 1. The van der Waals surface area contributed by atoms with Crippen molar-refractivity contribution < 1.29 is 19.5 Å². The van der Waals surface area contributed by atoms with Gasteiger partial charge in [0.15, 0.2) is 6.29 Å². The number of rotatable bonds is 5. The Morgan fingerprint density at radius 3 is 2.83 bits per heavy atom. The number of aliphatic carboxylic acids is 1. The molecule has 5 nitrogen and oxygen atoms in total. The summed E-state index contributed by atoms with van der Waals surface area (Å²) in [6.45, 7) is 2.82. The van der Waals surface area contributed by atoms with Gasteiger partial charge in [-0.15, -0.1) is 0 Å². The number of carboxylic acids is 1. The maximum atomic E-state index is 11.2. The molecule has 1 fully saturated rings. The molecule has 0 saturated carbocycles. The number of hydrogen-bond acceptors (Lipinski definition) is 4. The van der Waals surface area contributed by atoms with Gasteiger partial charge in [0.25, 0.3) is 0 Å². The summed E-state index contributed by atoms with van der Waals surface area (Å²) in [5.41, 5.74) is 1.01. The molecule has 1 aromatic carbocycles. The third kappa shape index (κ3) is 3.07. The van der Waals surface area contributed by atoms with Gasteiger partial charge >= 0.3 is 5.97 Å². The van der Waals surface area contributed by atoms with Crippen LogP contribution in [-0.2, 0) is 20.9 Å². The Labute approximate surface area is 106 Å². The van der Waals surface area contributed by atoms with E-state index in [4.69, 9.17) is 9.57 Å². The zero-order chi connectivity index (χ0) is 13.0. The molecule has 1 aliphatic heterocycles. The predicted octanol–water partition coefficient (Wildman–Crippen LogP) is 1.64. The molecule has 0 amide bonds. The second kappa shape index (κ2) is 5.95. The normalized spacial score (nSPS) is 24.3. The molecule has 1 N–H and O–H groups in total. The predicted molar refractivity (Wildman–Crippen MR) is 64.5 cm³/mol. The Balaban J connectivity index is 2.03. The largest absolute Gasteiger partial charge is 0.480 e.